The molecule has 0 aromatic carbocycles. The number of methoxy groups -OCH3 is 1. The lowest BCUT2D eigenvalue weighted by Crippen LogP contribution is -1.99. The Labute approximate surface area is 97.1 Å². The quantitative estimate of drug-likeness (QED) is 0.452. The van der Waals surface area contributed by atoms with E-state index in [4.69, 9.17) is 0 Å². The first-order chi connectivity index (χ1) is 8.15. The smallest absolute Gasteiger partial charge is 0.338 e. The number of nitrogens with zero attached hydrogens (tertiary/aromatic N) is 1. The van der Waals surface area contributed by atoms with Gasteiger partial charge in [0.2, 0.25) is 0 Å². The first-order valence-electron chi connectivity index (χ1n) is 4.89. The second-order valence-electron chi connectivity index (χ2n) is 3.43. The van der Waals surface area contributed by atoms with Crippen molar-refractivity contribution < 1.29 is 14.5 Å². The van der Waals surface area contributed by atoms with E-state index in [9.17, 15) is 14.9 Å². The lowest BCUT2D eigenvalue weighted by atomic mass is 10.1. The molecule has 0 unspecified atom stereocenters. The lowest BCUT2D eigenvalue weighted by molar-refractivity contribution is -0.383. The van der Waals surface area contributed by atoms with Gasteiger partial charge in [0.25, 0.3) is 5.69 Å². The molecule has 0 bridgehead atoms. The highest BCUT2D eigenvalue weighted by Crippen LogP contribution is 2.37. The van der Waals surface area contributed by atoms with Crippen LogP contribution in [0.4, 0.5) is 5.69 Å². The molecule has 0 radical (unpaired) electrons. The van der Waals surface area contributed by atoms with Crippen molar-refractivity contribution in [3.63, 3.8) is 0 Å². The number of ether oxygens (including phenoxy) is 1. The van der Waals surface area contributed by atoms with Crippen LogP contribution in [-0.2, 0) is 4.74 Å². The molecule has 0 heterocycles. The van der Waals surface area contributed by atoms with Crippen molar-refractivity contribution >= 4 is 11.7 Å². The Morgan fingerprint density at radius 3 is 2.47 bits per heavy atom. The van der Waals surface area contributed by atoms with Crippen molar-refractivity contribution in [2.75, 3.05) is 7.11 Å². The van der Waals surface area contributed by atoms with Crippen molar-refractivity contribution in [3.8, 4) is 11.1 Å². The summed E-state index contributed by atoms with van der Waals surface area (Å²) in [5, 5.41) is 10.9. The van der Waals surface area contributed by atoms with Gasteiger partial charge in [0, 0.05) is 11.6 Å². The maximum atomic E-state index is 11.5. The van der Waals surface area contributed by atoms with Gasteiger partial charge >= 0.3 is 5.97 Å². The highest BCUT2D eigenvalue weighted by Gasteiger charge is 2.26. The third kappa shape index (κ3) is 1.82. The fourth-order valence-electron chi connectivity index (χ4n) is 1.73. The van der Waals surface area contributed by atoms with Crippen LogP contribution in [-0.4, -0.2) is 18.0 Å². The van der Waals surface area contributed by atoms with E-state index in [0.717, 1.165) is 0 Å². The minimum absolute atomic E-state index is 0.0865. The van der Waals surface area contributed by atoms with E-state index in [1.807, 2.05) is 0 Å². The van der Waals surface area contributed by atoms with Crippen LogP contribution in [0.25, 0.3) is 11.1 Å². The van der Waals surface area contributed by atoms with Gasteiger partial charge in [-0.05, 0) is 6.07 Å². The molecule has 0 spiro atoms. The predicted octanol–water partition coefficient (Wildman–Crippen LogP) is 2.49. The molecular weight excluding hydrogens is 222 g/mol. The van der Waals surface area contributed by atoms with E-state index in [0.29, 0.717) is 11.1 Å². The fraction of sp³-hybridized carbons (Fsp3) is 0.0833. The zero-order chi connectivity index (χ0) is 12.4. The third-order valence-electron chi connectivity index (χ3n) is 2.49. The Balaban J connectivity index is 2.73. The Morgan fingerprint density at radius 2 is 1.88 bits per heavy atom. The Morgan fingerprint density at radius 1 is 1.24 bits per heavy atom. The highest BCUT2D eigenvalue weighted by molar-refractivity contribution is 6.01. The van der Waals surface area contributed by atoms with Gasteiger partial charge < -0.3 is 4.74 Å². The standard InChI is InChI=1S/C12H9NO4/c1-17-12(14)10-7-11(13(15)16)9-6-4-2-3-5-8(9)10/h2-7H,1H3. The lowest BCUT2D eigenvalue weighted by Gasteiger charge is -1.97. The van der Waals surface area contributed by atoms with Gasteiger partial charge in [-0.1, -0.05) is 24.3 Å². The summed E-state index contributed by atoms with van der Waals surface area (Å²) in [5.41, 5.74) is 1.08. The Kier molecular flexibility index (Phi) is 2.74. The van der Waals surface area contributed by atoms with Crippen molar-refractivity contribution in [1.82, 2.24) is 0 Å². The molecule has 0 saturated carbocycles. The molecule has 17 heavy (non-hydrogen) atoms. The molecular formula is C12H9NO4. The predicted molar refractivity (Wildman–Crippen MR) is 61.1 cm³/mol. The van der Waals surface area contributed by atoms with Crippen LogP contribution in [0.2, 0.25) is 0 Å². The normalized spacial score (nSPS) is 10.2. The zero-order valence-electron chi connectivity index (χ0n) is 9.04. The maximum Gasteiger partial charge on any atom is 0.338 e. The number of hydrogen-bond donors (Lipinski definition) is 0. The molecule has 0 fully saturated rings. The summed E-state index contributed by atoms with van der Waals surface area (Å²) in [6, 6.07) is 9.67. The molecule has 86 valence electrons. The number of fused-ring (bicyclic) bond motifs is 1. The van der Waals surface area contributed by atoms with Crippen molar-refractivity contribution in [2.24, 2.45) is 0 Å². The summed E-state index contributed by atoms with van der Waals surface area (Å²) in [4.78, 5) is 21.9. The Bertz CT molecular complexity index is 565. The molecule has 0 amide bonds. The summed E-state index contributed by atoms with van der Waals surface area (Å²) >= 11 is 0. The third-order valence-corrected chi connectivity index (χ3v) is 2.49. The monoisotopic (exact) mass is 231 g/mol. The first-order valence-corrected chi connectivity index (χ1v) is 4.89. The van der Waals surface area contributed by atoms with Gasteiger partial charge in [-0.2, -0.15) is 0 Å². The number of esters is 1. The van der Waals surface area contributed by atoms with Crippen molar-refractivity contribution in [2.45, 2.75) is 0 Å². The topological polar surface area (TPSA) is 69.4 Å². The van der Waals surface area contributed by atoms with E-state index in [2.05, 4.69) is 4.74 Å². The van der Waals surface area contributed by atoms with Crippen LogP contribution in [0, 0.1) is 10.1 Å². The molecule has 5 nitrogen and oxygen atoms in total. The van der Waals surface area contributed by atoms with Crippen LogP contribution in [0.3, 0.4) is 0 Å². The van der Waals surface area contributed by atoms with E-state index >= 15 is 0 Å². The molecule has 5 heteroatoms. The number of nitro groups is 1. The number of hydrogen-bond acceptors (Lipinski definition) is 4. The van der Waals surface area contributed by atoms with Gasteiger partial charge in [-0.15, -0.1) is 0 Å². The van der Waals surface area contributed by atoms with Crippen LogP contribution in [0.5, 0.6) is 0 Å². The number of carbonyl (C=O) groups excluding carboxylic acids is 1. The number of rotatable bonds is 2. The van der Waals surface area contributed by atoms with Crippen LogP contribution in [0.15, 0.2) is 36.4 Å². The van der Waals surface area contributed by atoms with Crippen molar-refractivity contribution in [1.29, 1.82) is 0 Å². The van der Waals surface area contributed by atoms with E-state index in [1.165, 1.54) is 13.2 Å². The largest absolute Gasteiger partial charge is 0.465 e. The second-order valence-corrected chi connectivity index (χ2v) is 3.43. The number of carbonyl (C=O) groups is 1. The summed E-state index contributed by atoms with van der Waals surface area (Å²) in [6.07, 6.45) is 0. The van der Waals surface area contributed by atoms with Crippen LogP contribution in [0.1, 0.15) is 10.4 Å². The van der Waals surface area contributed by atoms with E-state index in [-0.39, 0.29) is 11.3 Å². The molecule has 0 aromatic heterocycles. The van der Waals surface area contributed by atoms with E-state index < -0.39 is 10.9 Å². The fourth-order valence-corrected chi connectivity index (χ4v) is 1.73. The SMILES string of the molecule is COC(=O)c1cc([N+](=O)[O-])c2cccccc1-2. The van der Waals surface area contributed by atoms with E-state index in [1.54, 1.807) is 30.3 Å². The molecule has 2 aliphatic rings. The Hall–Kier alpha value is -2.43. The summed E-state index contributed by atoms with van der Waals surface area (Å²) < 4.78 is 4.61. The van der Waals surface area contributed by atoms with Gasteiger partial charge in [-0.25, -0.2) is 4.79 Å². The second kappa shape index (κ2) is 4.21. The van der Waals surface area contributed by atoms with Gasteiger partial charge in [0.15, 0.2) is 0 Å². The molecule has 0 atom stereocenters. The minimum Gasteiger partial charge on any atom is -0.465 e. The maximum absolute atomic E-state index is 11.5. The molecule has 2 aliphatic carbocycles. The van der Waals surface area contributed by atoms with Crippen LogP contribution >= 0.6 is 0 Å². The highest BCUT2D eigenvalue weighted by atomic mass is 16.6. The molecule has 0 aliphatic heterocycles. The average molecular weight is 231 g/mol. The zero-order valence-corrected chi connectivity index (χ0v) is 9.04. The summed E-state index contributed by atoms with van der Waals surface area (Å²) in [6.45, 7) is 0. The molecule has 0 aromatic rings. The molecule has 0 N–H and O–H groups in total. The molecule has 2 rings (SSSR count). The van der Waals surface area contributed by atoms with Crippen LogP contribution < -0.4 is 0 Å². The average Bonchev–Trinajstić information content (AvgIpc) is 2.51. The van der Waals surface area contributed by atoms with Gasteiger partial charge in [0.05, 0.1) is 23.2 Å². The minimum atomic E-state index is -0.575. The summed E-state index contributed by atoms with van der Waals surface area (Å²) in [5.74, 6) is -0.575. The van der Waals surface area contributed by atoms with Crippen molar-refractivity contribution in [3.05, 3.63) is 52.1 Å². The molecule has 0 saturated heterocycles. The van der Waals surface area contributed by atoms with Gasteiger partial charge in [-0.3, -0.25) is 10.1 Å². The van der Waals surface area contributed by atoms with Gasteiger partial charge in [0.1, 0.15) is 0 Å². The first kappa shape index (κ1) is 11.1. The summed E-state index contributed by atoms with van der Waals surface area (Å²) in [7, 11) is 1.25.